The second kappa shape index (κ2) is 11.7. The molecule has 0 radical (unpaired) electrons. The monoisotopic (exact) mass is 654 g/mol. The molecule has 0 saturated heterocycles. The average molecular weight is 655 g/mol. The van der Waals surface area contributed by atoms with Crippen LogP contribution >= 0.6 is 11.3 Å². The zero-order valence-corrected chi connectivity index (χ0v) is 27.9. The molecule has 0 aliphatic rings. The zero-order chi connectivity index (χ0) is 33.0. The van der Waals surface area contributed by atoms with E-state index < -0.39 is 0 Å². The van der Waals surface area contributed by atoms with Crippen LogP contribution in [0.15, 0.2) is 182 Å². The van der Waals surface area contributed by atoms with Gasteiger partial charge in [-0.15, -0.1) is 11.3 Å². The first-order chi connectivity index (χ1) is 24.8. The van der Waals surface area contributed by atoms with Crippen LogP contribution in [0.25, 0.3) is 75.0 Å². The zero-order valence-electron chi connectivity index (χ0n) is 27.1. The molecule has 0 bridgehead atoms. The van der Waals surface area contributed by atoms with Crippen LogP contribution in [0.3, 0.4) is 0 Å². The Hall–Kier alpha value is -6.29. The minimum absolute atomic E-state index is 1.05. The molecule has 10 aromatic rings. The van der Waals surface area contributed by atoms with Crippen molar-refractivity contribution in [1.82, 2.24) is 4.98 Å². The van der Waals surface area contributed by atoms with Gasteiger partial charge >= 0.3 is 0 Å². The van der Waals surface area contributed by atoms with Gasteiger partial charge in [0.15, 0.2) is 0 Å². The van der Waals surface area contributed by atoms with Gasteiger partial charge in [-0.25, -0.2) is 4.98 Å². The highest BCUT2D eigenvalue weighted by Gasteiger charge is 2.17. The molecule has 10 rings (SSSR count). The molecule has 0 spiro atoms. The fraction of sp³-hybridized carbons (Fsp3) is 0. The summed E-state index contributed by atoms with van der Waals surface area (Å²) in [4.78, 5) is 7.59. The van der Waals surface area contributed by atoms with Gasteiger partial charge in [0.1, 0.15) is 5.01 Å². The molecular formula is C47H30N2S. The topological polar surface area (TPSA) is 16.1 Å². The molecule has 3 heteroatoms. The number of hydrogen-bond donors (Lipinski definition) is 0. The second-order valence-electron chi connectivity index (χ2n) is 12.8. The van der Waals surface area contributed by atoms with Crippen LogP contribution in [0, 0.1) is 0 Å². The Kier molecular flexibility index (Phi) is 6.71. The van der Waals surface area contributed by atoms with Crippen molar-refractivity contribution in [3.63, 3.8) is 0 Å². The van der Waals surface area contributed by atoms with Gasteiger partial charge in [-0.2, -0.15) is 0 Å². The van der Waals surface area contributed by atoms with Crippen LogP contribution in [-0.4, -0.2) is 4.98 Å². The Morgan fingerprint density at radius 3 is 1.92 bits per heavy atom. The van der Waals surface area contributed by atoms with Crippen molar-refractivity contribution in [3.05, 3.63) is 182 Å². The summed E-state index contributed by atoms with van der Waals surface area (Å²) in [5.74, 6) is 0. The van der Waals surface area contributed by atoms with Crippen LogP contribution in [-0.2, 0) is 0 Å². The quantitative estimate of drug-likeness (QED) is 0.172. The summed E-state index contributed by atoms with van der Waals surface area (Å²) in [6.45, 7) is 0. The van der Waals surface area contributed by atoms with E-state index in [2.05, 4.69) is 187 Å². The summed E-state index contributed by atoms with van der Waals surface area (Å²) in [7, 11) is 0. The largest absolute Gasteiger partial charge is 0.310 e. The molecule has 50 heavy (non-hydrogen) atoms. The fourth-order valence-electron chi connectivity index (χ4n) is 7.36. The van der Waals surface area contributed by atoms with Gasteiger partial charge in [-0.3, -0.25) is 0 Å². The minimum Gasteiger partial charge on any atom is -0.310 e. The molecule has 0 aliphatic carbocycles. The van der Waals surface area contributed by atoms with E-state index in [-0.39, 0.29) is 0 Å². The lowest BCUT2D eigenvalue weighted by atomic mass is 9.96. The third kappa shape index (κ3) is 4.82. The first kappa shape index (κ1) is 28.7. The molecular weight excluding hydrogens is 625 g/mol. The highest BCUT2D eigenvalue weighted by Crippen LogP contribution is 2.42. The normalized spacial score (nSPS) is 11.6. The summed E-state index contributed by atoms with van der Waals surface area (Å²) in [6.07, 6.45) is 0. The van der Waals surface area contributed by atoms with Crippen molar-refractivity contribution in [3.8, 4) is 21.7 Å². The number of thiazole rings is 1. The predicted octanol–water partition coefficient (Wildman–Crippen LogP) is 13.7. The van der Waals surface area contributed by atoms with Gasteiger partial charge in [0, 0.05) is 27.7 Å². The molecule has 0 N–H and O–H groups in total. The lowest BCUT2D eigenvalue weighted by Gasteiger charge is -2.27. The highest BCUT2D eigenvalue weighted by atomic mass is 32.1. The third-order valence-corrected chi connectivity index (χ3v) is 10.9. The molecule has 0 atom stereocenters. The molecule has 9 aromatic carbocycles. The van der Waals surface area contributed by atoms with E-state index >= 15 is 0 Å². The molecule has 2 nitrogen and oxygen atoms in total. The van der Waals surface area contributed by atoms with E-state index in [9.17, 15) is 0 Å². The highest BCUT2D eigenvalue weighted by molar-refractivity contribution is 7.21. The van der Waals surface area contributed by atoms with Crippen LogP contribution in [0.4, 0.5) is 17.1 Å². The van der Waals surface area contributed by atoms with E-state index in [0.29, 0.717) is 0 Å². The molecule has 1 aromatic heterocycles. The summed E-state index contributed by atoms with van der Waals surface area (Å²) in [6, 6.07) is 65.8. The molecule has 0 fully saturated rings. The minimum atomic E-state index is 1.05. The SMILES string of the molecule is c1ccc(-c2nc3c(ccc4ccc5ccc(-c6ccc(N(c7ccc8ccccc8c7)c7cccc8ccccc78)cc6)cc5c43)s2)cc1. The van der Waals surface area contributed by atoms with Crippen LogP contribution < -0.4 is 4.90 Å². The Balaban J connectivity index is 1.10. The van der Waals surface area contributed by atoms with E-state index in [1.807, 2.05) is 0 Å². The van der Waals surface area contributed by atoms with Crippen molar-refractivity contribution in [2.24, 2.45) is 0 Å². The van der Waals surface area contributed by atoms with Crippen LogP contribution in [0.5, 0.6) is 0 Å². The summed E-state index contributed by atoms with van der Waals surface area (Å²) in [5.41, 5.74) is 8.01. The summed E-state index contributed by atoms with van der Waals surface area (Å²) >= 11 is 1.76. The lowest BCUT2D eigenvalue weighted by Crippen LogP contribution is -2.10. The van der Waals surface area contributed by atoms with Gasteiger partial charge < -0.3 is 4.90 Å². The van der Waals surface area contributed by atoms with Crippen molar-refractivity contribution in [2.75, 3.05) is 4.90 Å². The Morgan fingerprint density at radius 1 is 0.400 bits per heavy atom. The number of hydrogen-bond acceptors (Lipinski definition) is 3. The van der Waals surface area contributed by atoms with E-state index in [1.54, 1.807) is 11.3 Å². The number of fused-ring (bicyclic) bond motifs is 7. The number of anilines is 3. The van der Waals surface area contributed by atoms with E-state index in [4.69, 9.17) is 4.98 Å². The Labute approximate surface area is 294 Å². The van der Waals surface area contributed by atoms with Crippen molar-refractivity contribution in [1.29, 1.82) is 0 Å². The number of aromatic nitrogens is 1. The maximum absolute atomic E-state index is 5.21. The van der Waals surface area contributed by atoms with Crippen molar-refractivity contribution in [2.45, 2.75) is 0 Å². The maximum atomic E-state index is 5.21. The fourth-order valence-corrected chi connectivity index (χ4v) is 8.34. The van der Waals surface area contributed by atoms with Gasteiger partial charge in [-0.1, -0.05) is 140 Å². The maximum Gasteiger partial charge on any atom is 0.124 e. The molecule has 0 unspecified atom stereocenters. The molecule has 234 valence electrons. The average Bonchev–Trinajstić information content (AvgIpc) is 3.63. The van der Waals surface area contributed by atoms with Crippen LogP contribution in [0.2, 0.25) is 0 Å². The summed E-state index contributed by atoms with van der Waals surface area (Å²) < 4.78 is 1.21. The third-order valence-electron chi connectivity index (χ3n) is 9.84. The van der Waals surface area contributed by atoms with Gasteiger partial charge in [0.05, 0.1) is 15.9 Å². The smallest absolute Gasteiger partial charge is 0.124 e. The van der Waals surface area contributed by atoms with Gasteiger partial charge in [-0.05, 0) is 85.9 Å². The summed E-state index contributed by atoms with van der Waals surface area (Å²) in [5, 5.41) is 10.8. The molecule has 0 aliphatic heterocycles. The van der Waals surface area contributed by atoms with E-state index in [0.717, 1.165) is 33.1 Å². The number of rotatable bonds is 5. The van der Waals surface area contributed by atoms with Crippen molar-refractivity contribution >= 4 is 81.7 Å². The number of nitrogens with zero attached hydrogens (tertiary/aromatic N) is 2. The van der Waals surface area contributed by atoms with Gasteiger partial charge in [0.25, 0.3) is 0 Å². The predicted molar refractivity (Wildman–Crippen MR) is 215 cm³/mol. The van der Waals surface area contributed by atoms with E-state index in [1.165, 1.54) is 58.9 Å². The number of benzene rings is 9. The Morgan fingerprint density at radius 2 is 1.04 bits per heavy atom. The molecule has 0 amide bonds. The van der Waals surface area contributed by atoms with Crippen LogP contribution in [0.1, 0.15) is 0 Å². The lowest BCUT2D eigenvalue weighted by molar-refractivity contribution is 1.30. The van der Waals surface area contributed by atoms with Crippen molar-refractivity contribution < 1.29 is 0 Å². The molecule has 1 heterocycles. The van der Waals surface area contributed by atoms with Gasteiger partial charge in [0.2, 0.25) is 0 Å². The second-order valence-corrected chi connectivity index (χ2v) is 13.8. The first-order valence-corrected chi connectivity index (χ1v) is 17.8. The standard InChI is InChI=1S/C47H30N2S/c1-2-11-36(12-3-1)47-48-46-44(50-47)28-24-35-19-17-34-18-20-38(30-42(34)45(35)46)32-21-25-39(26-22-32)49(40-27-23-31-9-4-5-13-37(31)29-40)43-16-8-14-33-10-6-7-15-41(33)43/h1-30H. The first-order valence-electron chi connectivity index (χ1n) is 17.0. The molecule has 0 saturated carbocycles. The Bertz CT molecular complexity index is 2870.